The number of methoxy groups -OCH3 is 1. The third kappa shape index (κ3) is 4.99. The molecule has 2 rings (SSSR count). The monoisotopic (exact) mass is 392 g/mol. The summed E-state index contributed by atoms with van der Waals surface area (Å²) in [7, 11) is 1.49. The van der Waals surface area contributed by atoms with E-state index in [-0.39, 0.29) is 12.5 Å². The van der Waals surface area contributed by atoms with Gasteiger partial charge in [-0.2, -0.15) is 0 Å². The van der Waals surface area contributed by atoms with Crippen LogP contribution >= 0.6 is 15.9 Å². The van der Waals surface area contributed by atoms with Crippen LogP contribution in [0.4, 0.5) is 0 Å². The Labute approximate surface area is 148 Å². The van der Waals surface area contributed by atoms with Gasteiger partial charge in [0.2, 0.25) is 0 Å². The molecule has 0 saturated carbocycles. The average Bonchev–Trinajstić information content (AvgIpc) is 2.59. The Hall–Kier alpha value is -2.54. The summed E-state index contributed by atoms with van der Waals surface area (Å²) in [5.74, 6) is 0.589. The van der Waals surface area contributed by atoms with Gasteiger partial charge in [0.05, 0.1) is 17.8 Å². The van der Waals surface area contributed by atoms with Crippen molar-refractivity contribution in [2.45, 2.75) is 6.54 Å². The zero-order valence-electron chi connectivity index (χ0n) is 13.0. The molecule has 2 aromatic rings. The summed E-state index contributed by atoms with van der Waals surface area (Å²) in [5.41, 5.74) is 1.64. The third-order valence-electron chi connectivity index (χ3n) is 3.14. The second-order valence-corrected chi connectivity index (χ2v) is 5.68. The Morgan fingerprint density at radius 1 is 1.33 bits per heavy atom. The van der Waals surface area contributed by atoms with Gasteiger partial charge in [0.25, 0.3) is 5.91 Å². The van der Waals surface area contributed by atoms with Crippen LogP contribution in [0.5, 0.6) is 11.5 Å². The van der Waals surface area contributed by atoms with E-state index >= 15 is 0 Å². The fraction of sp³-hybridized carbons (Fsp3) is 0.176. The molecule has 0 aliphatic heterocycles. The van der Waals surface area contributed by atoms with Gasteiger partial charge in [-0.05, 0) is 33.6 Å². The Morgan fingerprint density at radius 3 is 2.75 bits per heavy atom. The Kier molecular flexibility index (Phi) is 6.62. The molecule has 0 atom stereocenters. The van der Waals surface area contributed by atoms with Gasteiger partial charge in [-0.1, -0.05) is 35.5 Å². The van der Waals surface area contributed by atoms with Crippen molar-refractivity contribution in [1.82, 2.24) is 5.32 Å². The number of rotatable bonds is 7. The highest BCUT2D eigenvalue weighted by molar-refractivity contribution is 9.10. The van der Waals surface area contributed by atoms with E-state index in [4.69, 9.17) is 14.7 Å². The second-order valence-electron chi connectivity index (χ2n) is 4.83. The maximum Gasteiger partial charge on any atom is 0.258 e. The van der Waals surface area contributed by atoms with Gasteiger partial charge in [-0.3, -0.25) is 4.79 Å². The number of hydrogen-bond acceptors (Lipinski definition) is 5. The van der Waals surface area contributed by atoms with Crippen molar-refractivity contribution in [2.24, 2.45) is 5.16 Å². The molecule has 0 saturated heterocycles. The smallest absolute Gasteiger partial charge is 0.258 e. The van der Waals surface area contributed by atoms with E-state index in [1.165, 1.54) is 13.3 Å². The zero-order chi connectivity index (χ0) is 17.4. The molecule has 24 heavy (non-hydrogen) atoms. The minimum atomic E-state index is -0.242. The molecule has 0 radical (unpaired) electrons. The average molecular weight is 393 g/mol. The molecule has 2 aromatic carbocycles. The van der Waals surface area contributed by atoms with E-state index in [0.717, 1.165) is 5.56 Å². The molecule has 0 aliphatic carbocycles. The van der Waals surface area contributed by atoms with Crippen molar-refractivity contribution < 1.29 is 19.5 Å². The highest BCUT2D eigenvalue weighted by Crippen LogP contribution is 2.36. The van der Waals surface area contributed by atoms with Crippen molar-refractivity contribution in [3.05, 3.63) is 58.1 Å². The lowest BCUT2D eigenvalue weighted by Gasteiger charge is -2.13. The van der Waals surface area contributed by atoms with Crippen molar-refractivity contribution >= 4 is 28.1 Å². The quantitative estimate of drug-likeness (QED) is 0.431. The van der Waals surface area contributed by atoms with Crippen molar-refractivity contribution in [2.75, 3.05) is 13.7 Å². The van der Waals surface area contributed by atoms with Crippen LogP contribution in [0.15, 0.2) is 52.1 Å². The lowest BCUT2D eigenvalue weighted by molar-refractivity contribution is -0.123. The molecule has 0 spiro atoms. The van der Waals surface area contributed by atoms with Gasteiger partial charge in [0.15, 0.2) is 18.1 Å². The molecular weight excluding hydrogens is 376 g/mol. The largest absolute Gasteiger partial charge is 0.493 e. The van der Waals surface area contributed by atoms with Gasteiger partial charge < -0.3 is 20.0 Å². The summed E-state index contributed by atoms with van der Waals surface area (Å²) in [6, 6.07) is 12.9. The number of benzene rings is 2. The zero-order valence-corrected chi connectivity index (χ0v) is 14.6. The Morgan fingerprint density at radius 2 is 2.08 bits per heavy atom. The van der Waals surface area contributed by atoms with Gasteiger partial charge in [-0.15, -0.1) is 0 Å². The molecule has 0 aromatic heterocycles. The highest BCUT2D eigenvalue weighted by Gasteiger charge is 2.13. The summed E-state index contributed by atoms with van der Waals surface area (Å²) in [4.78, 5) is 11.9. The molecule has 0 heterocycles. The lowest BCUT2D eigenvalue weighted by atomic mass is 10.2. The summed E-state index contributed by atoms with van der Waals surface area (Å²) >= 11 is 3.35. The molecular formula is C17H17BrN2O4. The minimum absolute atomic E-state index is 0.144. The Balaban J connectivity index is 1.97. The number of carbonyl (C=O) groups is 1. The van der Waals surface area contributed by atoms with Gasteiger partial charge in [0.1, 0.15) is 0 Å². The second kappa shape index (κ2) is 8.93. The first-order chi connectivity index (χ1) is 11.6. The SMILES string of the molecule is COc1cc(/C=N/O)cc(Br)c1OCC(=O)NCc1ccccc1. The number of halogens is 1. The molecule has 2 N–H and O–H groups in total. The van der Waals surface area contributed by atoms with Crippen LogP contribution in [0.3, 0.4) is 0 Å². The first-order valence-electron chi connectivity index (χ1n) is 7.12. The fourth-order valence-corrected chi connectivity index (χ4v) is 2.58. The van der Waals surface area contributed by atoms with Crippen molar-refractivity contribution in [3.63, 3.8) is 0 Å². The molecule has 6 nitrogen and oxygen atoms in total. The van der Waals surface area contributed by atoms with Crippen LogP contribution in [0.25, 0.3) is 0 Å². The number of oxime groups is 1. The molecule has 0 aliphatic rings. The molecule has 0 fully saturated rings. The number of ether oxygens (including phenoxy) is 2. The summed E-state index contributed by atoms with van der Waals surface area (Å²) in [6.07, 6.45) is 1.27. The van der Waals surface area contributed by atoms with E-state index in [1.807, 2.05) is 30.3 Å². The van der Waals surface area contributed by atoms with E-state index in [9.17, 15) is 4.79 Å². The number of carbonyl (C=O) groups excluding carboxylic acids is 1. The van der Waals surface area contributed by atoms with Gasteiger partial charge in [0, 0.05) is 12.1 Å². The van der Waals surface area contributed by atoms with Crippen LogP contribution < -0.4 is 14.8 Å². The van der Waals surface area contributed by atoms with Crippen LogP contribution in [0.1, 0.15) is 11.1 Å². The number of nitrogens with zero attached hydrogens (tertiary/aromatic N) is 1. The van der Waals surface area contributed by atoms with E-state index in [0.29, 0.717) is 28.1 Å². The van der Waals surface area contributed by atoms with Crippen molar-refractivity contribution in [1.29, 1.82) is 0 Å². The maximum absolute atomic E-state index is 11.9. The fourth-order valence-electron chi connectivity index (χ4n) is 2.01. The maximum atomic E-state index is 11.9. The normalized spacial score (nSPS) is 10.6. The van der Waals surface area contributed by atoms with E-state index in [1.54, 1.807) is 12.1 Å². The summed E-state index contributed by atoms with van der Waals surface area (Å²) in [6.45, 7) is 0.294. The van der Waals surface area contributed by atoms with Crippen molar-refractivity contribution in [3.8, 4) is 11.5 Å². The molecule has 1 amide bonds. The molecule has 0 bridgehead atoms. The third-order valence-corrected chi connectivity index (χ3v) is 3.73. The summed E-state index contributed by atoms with van der Waals surface area (Å²) < 4.78 is 11.4. The van der Waals surface area contributed by atoms with E-state index < -0.39 is 0 Å². The minimum Gasteiger partial charge on any atom is -0.493 e. The van der Waals surface area contributed by atoms with Gasteiger partial charge in [-0.25, -0.2) is 0 Å². The topological polar surface area (TPSA) is 80.2 Å². The van der Waals surface area contributed by atoms with Crippen LogP contribution in [0.2, 0.25) is 0 Å². The first kappa shape index (κ1) is 17.8. The molecule has 126 valence electrons. The van der Waals surface area contributed by atoms with Gasteiger partial charge >= 0.3 is 0 Å². The molecule has 7 heteroatoms. The van der Waals surface area contributed by atoms with E-state index in [2.05, 4.69) is 26.4 Å². The standard InChI is InChI=1S/C17H17BrN2O4/c1-23-15-8-13(10-20-22)7-14(18)17(15)24-11-16(21)19-9-12-5-3-2-4-6-12/h2-8,10,22H,9,11H2,1H3,(H,19,21)/b20-10+. The lowest BCUT2D eigenvalue weighted by Crippen LogP contribution is -2.28. The number of hydrogen-bond donors (Lipinski definition) is 2. The Bertz CT molecular complexity index is 720. The summed E-state index contributed by atoms with van der Waals surface area (Å²) in [5, 5.41) is 14.4. The number of amides is 1. The first-order valence-corrected chi connectivity index (χ1v) is 7.91. The predicted octanol–water partition coefficient (Wildman–Crippen LogP) is 2.96. The predicted molar refractivity (Wildman–Crippen MR) is 93.9 cm³/mol. The van der Waals surface area contributed by atoms with Crippen LogP contribution in [0, 0.1) is 0 Å². The van der Waals surface area contributed by atoms with Crippen LogP contribution in [-0.4, -0.2) is 31.0 Å². The van der Waals surface area contributed by atoms with Crippen LogP contribution in [-0.2, 0) is 11.3 Å². The molecule has 0 unspecified atom stereocenters. The highest BCUT2D eigenvalue weighted by atomic mass is 79.9. The number of nitrogens with one attached hydrogen (secondary N) is 1.